The van der Waals surface area contributed by atoms with Crippen LogP contribution in [0.25, 0.3) is 0 Å². The van der Waals surface area contributed by atoms with E-state index in [9.17, 15) is 14.9 Å². The van der Waals surface area contributed by atoms with Crippen molar-refractivity contribution in [2.45, 2.75) is 32.7 Å². The number of nitro groups is 1. The van der Waals surface area contributed by atoms with E-state index in [2.05, 4.69) is 19.2 Å². The van der Waals surface area contributed by atoms with Gasteiger partial charge in [-0.3, -0.25) is 14.9 Å². The van der Waals surface area contributed by atoms with Crippen LogP contribution in [-0.4, -0.2) is 30.0 Å². The molecule has 1 aliphatic rings. The molecule has 0 saturated carbocycles. The molecule has 20 heavy (non-hydrogen) atoms. The summed E-state index contributed by atoms with van der Waals surface area (Å²) in [5.74, 6) is 0.0186. The van der Waals surface area contributed by atoms with Crippen LogP contribution in [0.5, 0.6) is 0 Å². The van der Waals surface area contributed by atoms with Gasteiger partial charge >= 0.3 is 0 Å². The molecule has 2 rings (SSSR count). The highest BCUT2D eigenvalue weighted by Gasteiger charge is 2.28. The summed E-state index contributed by atoms with van der Waals surface area (Å²) in [6, 6.07) is 5.06. The molecule has 0 aliphatic carbocycles. The minimum absolute atomic E-state index is 0.0186. The molecule has 1 aliphatic heterocycles. The summed E-state index contributed by atoms with van der Waals surface area (Å²) in [4.78, 5) is 24.0. The first-order chi connectivity index (χ1) is 9.49. The average molecular weight is 277 g/mol. The molecule has 6 nitrogen and oxygen atoms in total. The zero-order chi connectivity index (χ0) is 14.7. The van der Waals surface area contributed by atoms with Gasteiger partial charge in [-0.2, -0.15) is 0 Å². The standard InChI is InChI=1S/C14H19N3O3/c1-10(2)15-6-3-7-16-13-5-4-12(17(19)20)8-11(13)9-14(16)18/h4-5,8,10,15H,3,6-7,9H2,1-2H3. The average Bonchev–Trinajstić information content (AvgIpc) is 2.69. The molecule has 0 spiro atoms. The van der Waals surface area contributed by atoms with Gasteiger partial charge in [0, 0.05) is 30.4 Å². The maximum atomic E-state index is 12.0. The highest BCUT2D eigenvalue weighted by atomic mass is 16.6. The van der Waals surface area contributed by atoms with Crippen molar-refractivity contribution in [1.82, 2.24) is 5.32 Å². The first kappa shape index (κ1) is 14.5. The highest BCUT2D eigenvalue weighted by molar-refractivity contribution is 6.01. The Balaban J connectivity index is 2.03. The van der Waals surface area contributed by atoms with Crippen molar-refractivity contribution < 1.29 is 9.72 Å². The number of carbonyl (C=O) groups excluding carboxylic acids is 1. The Bertz CT molecular complexity index is 528. The summed E-state index contributed by atoms with van der Waals surface area (Å²) in [6.45, 7) is 5.65. The van der Waals surface area contributed by atoms with E-state index < -0.39 is 4.92 Å². The second kappa shape index (κ2) is 6.00. The lowest BCUT2D eigenvalue weighted by atomic mass is 10.1. The van der Waals surface area contributed by atoms with Gasteiger partial charge in [0.15, 0.2) is 0 Å². The van der Waals surface area contributed by atoms with Crippen molar-refractivity contribution in [1.29, 1.82) is 0 Å². The van der Waals surface area contributed by atoms with Crippen LogP contribution < -0.4 is 10.2 Å². The molecule has 0 fully saturated rings. The molecule has 1 aromatic carbocycles. The number of benzene rings is 1. The summed E-state index contributed by atoms with van der Waals surface area (Å²) in [5.41, 5.74) is 1.60. The number of fused-ring (bicyclic) bond motifs is 1. The zero-order valence-corrected chi connectivity index (χ0v) is 11.8. The highest BCUT2D eigenvalue weighted by Crippen LogP contribution is 2.31. The van der Waals surface area contributed by atoms with Crippen LogP contribution >= 0.6 is 0 Å². The molecule has 0 radical (unpaired) electrons. The van der Waals surface area contributed by atoms with Gasteiger partial charge in [-0.1, -0.05) is 13.8 Å². The van der Waals surface area contributed by atoms with Crippen LogP contribution in [0.15, 0.2) is 18.2 Å². The number of rotatable bonds is 6. The predicted octanol–water partition coefficient (Wildman–Crippen LogP) is 1.87. The largest absolute Gasteiger partial charge is 0.314 e. The predicted molar refractivity (Wildman–Crippen MR) is 76.9 cm³/mol. The van der Waals surface area contributed by atoms with Crippen LogP contribution in [-0.2, 0) is 11.2 Å². The Kier molecular flexibility index (Phi) is 4.34. The first-order valence-corrected chi connectivity index (χ1v) is 6.80. The molecule has 1 amide bonds. The summed E-state index contributed by atoms with van der Waals surface area (Å²) in [5, 5.41) is 14.0. The van der Waals surface area contributed by atoms with E-state index in [0.29, 0.717) is 12.6 Å². The third kappa shape index (κ3) is 3.14. The van der Waals surface area contributed by atoms with Crippen LogP contribution in [0.3, 0.4) is 0 Å². The van der Waals surface area contributed by atoms with E-state index in [1.165, 1.54) is 12.1 Å². The van der Waals surface area contributed by atoms with Crippen LogP contribution in [0.4, 0.5) is 11.4 Å². The van der Waals surface area contributed by atoms with Crippen molar-refractivity contribution in [3.63, 3.8) is 0 Å². The van der Waals surface area contributed by atoms with Gasteiger partial charge in [-0.05, 0) is 24.6 Å². The number of non-ortho nitro benzene ring substituents is 1. The monoisotopic (exact) mass is 277 g/mol. The summed E-state index contributed by atoms with van der Waals surface area (Å²) < 4.78 is 0. The van der Waals surface area contributed by atoms with E-state index in [0.717, 1.165) is 24.2 Å². The second-order valence-electron chi connectivity index (χ2n) is 5.25. The quantitative estimate of drug-likeness (QED) is 0.489. The van der Waals surface area contributed by atoms with E-state index in [-0.39, 0.29) is 18.0 Å². The Labute approximate surface area is 117 Å². The maximum Gasteiger partial charge on any atom is 0.269 e. The van der Waals surface area contributed by atoms with Crippen molar-refractivity contribution in [3.05, 3.63) is 33.9 Å². The molecule has 0 saturated heterocycles. The molecule has 1 N–H and O–H groups in total. The van der Waals surface area contributed by atoms with Gasteiger partial charge in [-0.25, -0.2) is 0 Å². The number of anilines is 1. The van der Waals surface area contributed by atoms with Crippen molar-refractivity contribution >= 4 is 17.3 Å². The summed E-state index contributed by atoms with van der Waals surface area (Å²) in [6.07, 6.45) is 1.12. The molecule has 0 unspecified atom stereocenters. The molecular formula is C14H19N3O3. The molecule has 1 aromatic rings. The number of hydrogen-bond acceptors (Lipinski definition) is 4. The van der Waals surface area contributed by atoms with Gasteiger partial charge in [0.2, 0.25) is 5.91 Å². The first-order valence-electron chi connectivity index (χ1n) is 6.80. The molecule has 0 aromatic heterocycles. The number of hydrogen-bond donors (Lipinski definition) is 1. The molecule has 0 bridgehead atoms. The fourth-order valence-corrected chi connectivity index (χ4v) is 2.36. The Hall–Kier alpha value is -1.95. The van der Waals surface area contributed by atoms with E-state index >= 15 is 0 Å². The Morgan fingerprint density at radius 1 is 1.45 bits per heavy atom. The lowest BCUT2D eigenvalue weighted by Gasteiger charge is -2.18. The second-order valence-corrected chi connectivity index (χ2v) is 5.25. The lowest BCUT2D eigenvalue weighted by Crippen LogP contribution is -2.31. The Morgan fingerprint density at radius 3 is 2.85 bits per heavy atom. The number of amides is 1. The van der Waals surface area contributed by atoms with Crippen molar-refractivity contribution in [2.24, 2.45) is 0 Å². The van der Waals surface area contributed by atoms with Crippen LogP contribution in [0.2, 0.25) is 0 Å². The minimum atomic E-state index is -0.431. The maximum absolute atomic E-state index is 12.0. The summed E-state index contributed by atoms with van der Waals surface area (Å²) in [7, 11) is 0. The number of nitrogens with one attached hydrogen (secondary N) is 1. The molecule has 108 valence electrons. The van der Waals surface area contributed by atoms with Crippen molar-refractivity contribution in [3.8, 4) is 0 Å². The Morgan fingerprint density at radius 2 is 2.20 bits per heavy atom. The molecule has 0 atom stereocenters. The molecule has 1 heterocycles. The van der Waals surface area contributed by atoms with Crippen LogP contribution in [0, 0.1) is 10.1 Å². The van der Waals surface area contributed by atoms with Gasteiger partial charge in [0.1, 0.15) is 0 Å². The molecule has 6 heteroatoms. The normalized spacial score (nSPS) is 13.9. The van der Waals surface area contributed by atoms with E-state index in [1.54, 1.807) is 11.0 Å². The third-order valence-corrected chi connectivity index (χ3v) is 3.32. The molecular weight excluding hydrogens is 258 g/mol. The minimum Gasteiger partial charge on any atom is -0.314 e. The number of nitro benzene ring substituents is 1. The fraction of sp³-hybridized carbons (Fsp3) is 0.500. The smallest absolute Gasteiger partial charge is 0.269 e. The number of carbonyl (C=O) groups is 1. The summed E-state index contributed by atoms with van der Waals surface area (Å²) >= 11 is 0. The van der Waals surface area contributed by atoms with Gasteiger partial charge in [-0.15, -0.1) is 0 Å². The van der Waals surface area contributed by atoms with E-state index in [4.69, 9.17) is 0 Å². The SMILES string of the molecule is CC(C)NCCCN1C(=O)Cc2cc([N+](=O)[O-])ccc21. The van der Waals surface area contributed by atoms with E-state index in [1.807, 2.05) is 0 Å². The third-order valence-electron chi connectivity index (χ3n) is 3.32. The zero-order valence-electron chi connectivity index (χ0n) is 11.8. The lowest BCUT2D eigenvalue weighted by molar-refractivity contribution is -0.384. The number of nitrogens with zero attached hydrogens (tertiary/aromatic N) is 2. The van der Waals surface area contributed by atoms with Crippen molar-refractivity contribution in [2.75, 3.05) is 18.0 Å². The van der Waals surface area contributed by atoms with Gasteiger partial charge < -0.3 is 10.2 Å². The van der Waals surface area contributed by atoms with Gasteiger partial charge in [0.05, 0.1) is 11.3 Å². The topological polar surface area (TPSA) is 75.5 Å². The van der Waals surface area contributed by atoms with Gasteiger partial charge in [0.25, 0.3) is 5.69 Å². The van der Waals surface area contributed by atoms with Crippen LogP contribution in [0.1, 0.15) is 25.8 Å². The fourth-order valence-electron chi connectivity index (χ4n) is 2.36.